The van der Waals surface area contributed by atoms with Crippen molar-refractivity contribution in [2.24, 2.45) is 0 Å². The number of nitrogens with zero attached hydrogens (tertiary/aromatic N) is 5. The molecule has 9 heteroatoms. The fraction of sp³-hybridized carbons (Fsp3) is 0.217. The van der Waals surface area contributed by atoms with Gasteiger partial charge in [0.15, 0.2) is 0 Å². The van der Waals surface area contributed by atoms with E-state index >= 15 is 0 Å². The van der Waals surface area contributed by atoms with Crippen molar-refractivity contribution in [3.8, 4) is 16.9 Å². The van der Waals surface area contributed by atoms with Gasteiger partial charge in [-0.05, 0) is 43.4 Å². The molecule has 1 fully saturated rings. The van der Waals surface area contributed by atoms with Crippen molar-refractivity contribution in [2.45, 2.75) is 0 Å². The van der Waals surface area contributed by atoms with Gasteiger partial charge in [-0.1, -0.05) is 17.3 Å². The van der Waals surface area contributed by atoms with Crippen LogP contribution in [0.4, 0.5) is 4.39 Å². The summed E-state index contributed by atoms with van der Waals surface area (Å²) in [6, 6.07) is 13.3. The Hall–Kier alpha value is -3.85. The number of likely N-dealkylation sites (N-methyl/N-ethyl adjacent to an activating group) is 1. The van der Waals surface area contributed by atoms with E-state index in [1.807, 2.05) is 11.9 Å². The van der Waals surface area contributed by atoms with Crippen LogP contribution in [-0.4, -0.2) is 68.9 Å². The topological polar surface area (TPSA) is 87.1 Å². The van der Waals surface area contributed by atoms with Gasteiger partial charge in [0.1, 0.15) is 11.5 Å². The summed E-state index contributed by atoms with van der Waals surface area (Å²) in [6.45, 7) is 3.17. The van der Waals surface area contributed by atoms with Crippen molar-refractivity contribution in [1.29, 1.82) is 0 Å². The number of nitrogens with one attached hydrogen (secondary N) is 1. The van der Waals surface area contributed by atoms with Gasteiger partial charge < -0.3 is 14.8 Å². The predicted molar refractivity (Wildman–Crippen MR) is 118 cm³/mol. The summed E-state index contributed by atoms with van der Waals surface area (Å²) < 4.78 is 15.5. The minimum atomic E-state index is -0.485. The number of H-pyrrole nitrogens is 1. The van der Waals surface area contributed by atoms with Crippen molar-refractivity contribution < 1.29 is 9.18 Å². The Morgan fingerprint density at radius 3 is 2.56 bits per heavy atom. The van der Waals surface area contributed by atoms with E-state index in [1.54, 1.807) is 48.7 Å². The van der Waals surface area contributed by atoms with Crippen LogP contribution in [0, 0.1) is 5.82 Å². The van der Waals surface area contributed by atoms with Gasteiger partial charge >= 0.3 is 0 Å². The highest BCUT2D eigenvalue weighted by Crippen LogP contribution is 2.20. The smallest absolute Gasteiger partial charge is 0.258 e. The van der Waals surface area contributed by atoms with Crippen molar-refractivity contribution in [1.82, 2.24) is 29.8 Å². The molecule has 1 saturated heterocycles. The number of aromatic amines is 1. The summed E-state index contributed by atoms with van der Waals surface area (Å²) in [5.74, 6) is -0.472. The van der Waals surface area contributed by atoms with Gasteiger partial charge in [0.05, 0.1) is 23.0 Å². The van der Waals surface area contributed by atoms with Crippen LogP contribution >= 0.6 is 0 Å². The van der Waals surface area contributed by atoms with Crippen molar-refractivity contribution in [3.05, 3.63) is 76.5 Å². The number of piperazine rings is 1. The minimum Gasteiger partial charge on any atom is -0.336 e. The maximum Gasteiger partial charge on any atom is 0.258 e. The van der Waals surface area contributed by atoms with Gasteiger partial charge in [0.2, 0.25) is 0 Å². The molecule has 1 amide bonds. The van der Waals surface area contributed by atoms with Gasteiger partial charge in [0, 0.05) is 37.1 Å². The molecular weight excluding hydrogens is 411 g/mol. The SMILES string of the molecule is CN1CCN(C(=O)c2ccc(-n3cc(-c4cc5cccc(F)c5[nH]c4=O)nn3)cc2)CC1. The summed E-state index contributed by atoms with van der Waals surface area (Å²) >= 11 is 0. The summed E-state index contributed by atoms with van der Waals surface area (Å²) in [5.41, 5.74) is 1.72. The molecule has 4 aromatic rings. The molecule has 0 saturated carbocycles. The van der Waals surface area contributed by atoms with Crippen molar-refractivity contribution in [3.63, 3.8) is 0 Å². The van der Waals surface area contributed by atoms with Crippen molar-refractivity contribution >= 4 is 16.8 Å². The summed E-state index contributed by atoms with van der Waals surface area (Å²) in [6.07, 6.45) is 1.63. The second-order valence-electron chi connectivity index (χ2n) is 7.91. The Labute approximate surface area is 182 Å². The third-order valence-electron chi connectivity index (χ3n) is 5.77. The summed E-state index contributed by atoms with van der Waals surface area (Å²) in [5, 5.41) is 8.79. The number of amides is 1. The quantitative estimate of drug-likeness (QED) is 0.537. The molecule has 0 atom stereocenters. The molecule has 0 aliphatic carbocycles. The number of para-hydroxylation sites is 1. The third kappa shape index (κ3) is 3.67. The van der Waals surface area contributed by atoms with Gasteiger partial charge in [-0.15, -0.1) is 5.10 Å². The molecule has 32 heavy (non-hydrogen) atoms. The lowest BCUT2D eigenvalue weighted by Gasteiger charge is -2.32. The lowest BCUT2D eigenvalue weighted by Crippen LogP contribution is -2.47. The molecule has 2 aromatic heterocycles. The Bertz CT molecular complexity index is 1350. The van der Waals surface area contributed by atoms with Crippen LogP contribution in [0.3, 0.4) is 0 Å². The van der Waals surface area contributed by atoms with E-state index in [4.69, 9.17) is 0 Å². The molecule has 5 rings (SSSR count). The van der Waals surface area contributed by atoms with Gasteiger partial charge in [-0.3, -0.25) is 9.59 Å². The average Bonchev–Trinajstić information content (AvgIpc) is 3.30. The Morgan fingerprint density at radius 2 is 1.81 bits per heavy atom. The number of benzene rings is 2. The first kappa shape index (κ1) is 20.1. The van der Waals surface area contributed by atoms with Crippen LogP contribution in [0.2, 0.25) is 0 Å². The van der Waals surface area contributed by atoms with E-state index in [-0.39, 0.29) is 11.4 Å². The maximum atomic E-state index is 13.9. The van der Waals surface area contributed by atoms with Gasteiger partial charge in [0.25, 0.3) is 11.5 Å². The van der Waals surface area contributed by atoms with E-state index < -0.39 is 11.4 Å². The number of rotatable bonds is 3. The summed E-state index contributed by atoms with van der Waals surface area (Å²) in [4.78, 5) is 31.8. The number of carbonyl (C=O) groups is 1. The van der Waals surface area contributed by atoms with E-state index in [0.29, 0.717) is 41.0 Å². The second kappa shape index (κ2) is 8.01. The number of fused-ring (bicyclic) bond motifs is 1. The van der Waals surface area contributed by atoms with Crippen LogP contribution in [0.25, 0.3) is 27.8 Å². The molecule has 0 radical (unpaired) electrons. The number of halogens is 1. The molecule has 8 nitrogen and oxygen atoms in total. The van der Waals surface area contributed by atoms with E-state index in [0.717, 1.165) is 13.1 Å². The van der Waals surface area contributed by atoms with E-state index in [9.17, 15) is 14.0 Å². The monoisotopic (exact) mass is 432 g/mol. The minimum absolute atomic E-state index is 0.0128. The number of pyridine rings is 1. The standard InChI is InChI=1S/C23H21FN6O2/c1-28-9-11-29(12-10-28)23(32)15-5-7-17(8-6-15)30-14-20(26-27-30)18-13-16-3-2-4-19(24)21(16)25-22(18)31/h2-8,13-14H,9-12H2,1H3,(H,25,31). The first-order valence-electron chi connectivity index (χ1n) is 10.3. The normalized spacial score (nSPS) is 14.8. The second-order valence-corrected chi connectivity index (χ2v) is 7.91. The molecule has 162 valence electrons. The van der Waals surface area contributed by atoms with Crippen LogP contribution in [0.1, 0.15) is 10.4 Å². The number of carbonyl (C=O) groups excluding carboxylic acids is 1. The molecule has 1 N–H and O–H groups in total. The molecule has 3 heterocycles. The van der Waals surface area contributed by atoms with Crippen LogP contribution in [0.15, 0.2) is 59.5 Å². The zero-order valence-corrected chi connectivity index (χ0v) is 17.5. The lowest BCUT2D eigenvalue weighted by molar-refractivity contribution is 0.0664. The predicted octanol–water partition coefficient (Wildman–Crippen LogP) is 2.30. The zero-order chi connectivity index (χ0) is 22.2. The average molecular weight is 432 g/mol. The maximum absolute atomic E-state index is 13.9. The van der Waals surface area contributed by atoms with E-state index in [1.165, 1.54) is 10.7 Å². The number of hydrogen-bond acceptors (Lipinski definition) is 5. The van der Waals surface area contributed by atoms with Crippen molar-refractivity contribution in [2.75, 3.05) is 33.2 Å². The number of hydrogen-bond donors (Lipinski definition) is 1. The highest BCUT2D eigenvalue weighted by Gasteiger charge is 2.20. The van der Waals surface area contributed by atoms with Crippen LogP contribution in [0.5, 0.6) is 0 Å². The first-order chi connectivity index (χ1) is 15.5. The lowest BCUT2D eigenvalue weighted by atomic mass is 10.1. The van der Waals surface area contributed by atoms with Crippen LogP contribution in [-0.2, 0) is 0 Å². The molecule has 1 aliphatic rings. The molecule has 2 aromatic carbocycles. The molecular formula is C23H21FN6O2. The fourth-order valence-electron chi connectivity index (χ4n) is 3.85. The highest BCUT2D eigenvalue weighted by molar-refractivity contribution is 5.94. The molecule has 0 spiro atoms. The molecule has 1 aliphatic heterocycles. The third-order valence-corrected chi connectivity index (χ3v) is 5.77. The fourth-order valence-corrected chi connectivity index (χ4v) is 3.85. The molecule has 0 unspecified atom stereocenters. The Balaban J connectivity index is 1.39. The van der Waals surface area contributed by atoms with Gasteiger partial charge in [-0.2, -0.15) is 0 Å². The summed E-state index contributed by atoms with van der Waals surface area (Å²) in [7, 11) is 2.05. The first-order valence-corrected chi connectivity index (χ1v) is 10.3. The molecule has 0 bridgehead atoms. The Morgan fingerprint density at radius 1 is 1.06 bits per heavy atom. The zero-order valence-electron chi connectivity index (χ0n) is 17.5. The highest BCUT2D eigenvalue weighted by atomic mass is 19.1. The largest absolute Gasteiger partial charge is 0.336 e. The van der Waals surface area contributed by atoms with Crippen LogP contribution < -0.4 is 5.56 Å². The van der Waals surface area contributed by atoms with E-state index in [2.05, 4.69) is 20.2 Å². The van der Waals surface area contributed by atoms with Gasteiger partial charge in [-0.25, -0.2) is 9.07 Å². The number of aromatic nitrogens is 4. The Kier molecular flexibility index (Phi) is 5.02.